The van der Waals surface area contributed by atoms with Gasteiger partial charge in [-0.05, 0) is 56.7 Å². The number of alkyl halides is 1. The van der Waals surface area contributed by atoms with Gasteiger partial charge in [0.15, 0.2) is 18.4 Å². The first-order valence-electron chi connectivity index (χ1n) is 17.3. The van der Waals surface area contributed by atoms with Crippen molar-refractivity contribution in [3.63, 3.8) is 0 Å². The number of benzene rings is 2. The Labute approximate surface area is 321 Å². The fraction of sp³-hybridized carbons (Fsp3) is 0.417. The normalized spacial score (nSPS) is 14.6. The molecule has 1 unspecified atom stereocenters. The molecule has 302 valence electrons. The van der Waals surface area contributed by atoms with Crippen LogP contribution in [0.2, 0.25) is 0 Å². The summed E-state index contributed by atoms with van der Waals surface area (Å²) >= 11 is 0. The molecule has 0 aliphatic carbocycles. The van der Waals surface area contributed by atoms with Gasteiger partial charge in [-0.3, -0.25) is 15.0 Å². The summed E-state index contributed by atoms with van der Waals surface area (Å²) in [7, 11) is 1.38. The second-order valence-corrected chi connectivity index (χ2v) is 12.4. The van der Waals surface area contributed by atoms with E-state index < -0.39 is 55.5 Å². The van der Waals surface area contributed by atoms with Crippen molar-refractivity contribution in [2.45, 2.75) is 58.5 Å². The van der Waals surface area contributed by atoms with E-state index in [1.165, 1.54) is 57.4 Å². The number of unbranched alkanes of at least 4 members (excludes halogenated alkanes) is 1. The maximum atomic E-state index is 16.5. The quantitative estimate of drug-likeness (QED) is 0.0366. The van der Waals surface area contributed by atoms with E-state index in [1.807, 2.05) is 6.92 Å². The third-order valence-corrected chi connectivity index (χ3v) is 7.48. The third-order valence-electron chi connectivity index (χ3n) is 7.48. The Hall–Kier alpha value is -6.31. The van der Waals surface area contributed by atoms with E-state index in [4.69, 9.17) is 38.9 Å². The predicted molar refractivity (Wildman–Crippen MR) is 197 cm³/mol. The van der Waals surface area contributed by atoms with Crippen LogP contribution in [0.4, 0.5) is 30.0 Å². The molecule has 2 atom stereocenters. The molecule has 18 nitrogen and oxygen atoms in total. The molecule has 0 radical (unpaired) electrons. The van der Waals surface area contributed by atoms with E-state index in [-0.39, 0.29) is 54.5 Å². The second-order valence-electron chi connectivity index (χ2n) is 12.4. The number of halogens is 2. The van der Waals surface area contributed by atoms with Crippen molar-refractivity contribution >= 4 is 41.5 Å². The van der Waals surface area contributed by atoms with Gasteiger partial charge in [-0.1, -0.05) is 13.3 Å². The third kappa shape index (κ3) is 12.4. The zero-order chi connectivity index (χ0) is 40.7. The summed E-state index contributed by atoms with van der Waals surface area (Å²) in [5.74, 6) is -1.32. The number of nitrogens with zero attached hydrogens (tertiary/aromatic N) is 5. The van der Waals surface area contributed by atoms with Gasteiger partial charge in [-0.15, -0.1) is 0 Å². The first-order valence-corrected chi connectivity index (χ1v) is 17.3. The molecule has 0 bridgehead atoms. The standard InChI is InChI=1S/C36H44F2N8O10/c1-6-7-15-53-34(48)43-30(39)23-9-11-24(12-10-23)42-29(26-18-25(50-5)19-27(28(26)38)52-17-16-51-22(2)47)31-44-33(46(45-31)32-40-13-8-14-41-32)54-21-55-35(49)56-36(3,4)20-37/h8-14,18-19,29,33,42H,6-7,15-17,20-21H2,1-5H3,(H,44,45)(H2,39,43,48)/t29?,33-/m1/s1. The minimum Gasteiger partial charge on any atom is -0.497 e. The molecule has 1 aromatic heterocycles. The molecule has 56 heavy (non-hydrogen) atoms. The van der Waals surface area contributed by atoms with E-state index in [0.717, 1.165) is 6.42 Å². The largest absolute Gasteiger partial charge is 0.511 e. The average molecular weight is 787 g/mol. The van der Waals surface area contributed by atoms with Crippen LogP contribution >= 0.6 is 0 Å². The van der Waals surface area contributed by atoms with Gasteiger partial charge in [0.2, 0.25) is 5.95 Å². The van der Waals surface area contributed by atoms with Crippen LogP contribution in [0.1, 0.15) is 57.7 Å². The van der Waals surface area contributed by atoms with Gasteiger partial charge >= 0.3 is 18.2 Å². The molecular formula is C36H44F2N8O10. The highest BCUT2D eigenvalue weighted by Gasteiger charge is 2.36. The van der Waals surface area contributed by atoms with Crippen molar-refractivity contribution in [3.05, 3.63) is 71.8 Å². The number of amides is 1. The van der Waals surface area contributed by atoms with Crippen LogP contribution in [0.3, 0.4) is 0 Å². The molecule has 4 rings (SSSR count). The van der Waals surface area contributed by atoms with Gasteiger partial charge in [0.05, 0.1) is 13.7 Å². The zero-order valence-electron chi connectivity index (χ0n) is 31.5. The van der Waals surface area contributed by atoms with Crippen molar-refractivity contribution in [2.75, 3.05) is 50.7 Å². The highest BCUT2D eigenvalue weighted by atomic mass is 19.1. The summed E-state index contributed by atoms with van der Waals surface area (Å²) in [4.78, 5) is 52.5. The number of esters is 1. The number of ether oxygens (including phenoxy) is 7. The van der Waals surface area contributed by atoms with Gasteiger partial charge in [-0.2, -0.15) is 4.99 Å². The maximum absolute atomic E-state index is 16.5. The number of carbonyl (C=O) groups is 3. The molecule has 1 aliphatic rings. The summed E-state index contributed by atoms with van der Waals surface area (Å²) in [6, 6.07) is 9.56. The fourth-order valence-electron chi connectivity index (χ4n) is 4.68. The number of carbonyl (C=O) groups excluding carboxylic acids is 3. The predicted octanol–water partition coefficient (Wildman–Crippen LogP) is 4.94. The number of hydrogen-bond donors (Lipinski definition) is 3. The number of aliphatic imine (C=N–C) groups is 2. The number of amidine groups is 2. The number of nitrogens with one attached hydrogen (secondary N) is 2. The minimum atomic E-state index is -1.43. The molecule has 0 spiro atoms. The van der Waals surface area contributed by atoms with Crippen molar-refractivity contribution in [3.8, 4) is 11.5 Å². The highest BCUT2D eigenvalue weighted by molar-refractivity contribution is 6.03. The molecular weight excluding hydrogens is 742 g/mol. The number of hydrazine groups is 1. The lowest BCUT2D eigenvalue weighted by Crippen LogP contribution is -2.45. The molecule has 4 N–H and O–H groups in total. The van der Waals surface area contributed by atoms with Gasteiger partial charge in [-0.25, -0.2) is 38.3 Å². The van der Waals surface area contributed by atoms with Crippen LogP contribution in [0.15, 0.2) is 64.8 Å². The van der Waals surface area contributed by atoms with Crippen molar-refractivity contribution in [1.29, 1.82) is 0 Å². The molecule has 0 saturated carbocycles. The topological polar surface area (TPSA) is 220 Å². The number of rotatable bonds is 19. The van der Waals surface area contributed by atoms with Crippen molar-refractivity contribution in [2.24, 2.45) is 15.7 Å². The smallest absolute Gasteiger partial charge is 0.497 e. The molecule has 3 aromatic rings. The van der Waals surface area contributed by atoms with Crippen molar-refractivity contribution in [1.82, 2.24) is 15.4 Å². The first kappa shape index (κ1) is 42.4. The Morgan fingerprint density at radius 1 is 1.07 bits per heavy atom. The van der Waals surface area contributed by atoms with E-state index in [1.54, 1.807) is 30.3 Å². The lowest BCUT2D eigenvalue weighted by Gasteiger charge is -2.26. The number of aromatic nitrogens is 2. The van der Waals surface area contributed by atoms with E-state index >= 15 is 4.39 Å². The lowest BCUT2D eigenvalue weighted by molar-refractivity contribution is -0.141. The molecule has 1 aliphatic heterocycles. The Kier molecular flexibility index (Phi) is 15.5. The molecule has 20 heteroatoms. The minimum absolute atomic E-state index is 0.0269. The molecule has 2 heterocycles. The van der Waals surface area contributed by atoms with Crippen LogP contribution in [0.5, 0.6) is 11.5 Å². The summed E-state index contributed by atoms with van der Waals surface area (Å²) in [5.41, 5.74) is 8.47. The number of anilines is 2. The number of hydrogen-bond acceptors (Lipinski definition) is 16. The number of nitrogens with two attached hydrogens (primary N) is 1. The highest BCUT2D eigenvalue weighted by Crippen LogP contribution is 2.35. The summed E-state index contributed by atoms with van der Waals surface area (Å²) < 4.78 is 66.5. The fourth-order valence-corrected chi connectivity index (χ4v) is 4.68. The van der Waals surface area contributed by atoms with Crippen molar-refractivity contribution < 1.29 is 56.3 Å². The zero-order valence-corrected chi connectivity index (χ0v) is 31.5. The van der Waals surface area contributed by atoms with E-state index in [0.29, 0.717) is 17.7 Å². The Morgan fingerprint density at radius 2 is 1.80 bits per heavy atom. The van der Waals surface area contributed by atoms with Gasteiger partial charge < -0.3 is 39.5 Å². The molecule has 0 fully saturated rings. The second kappa shape index (κ2) is 20.4. The van der Waals surface area contributed by atoms with Gasteiger partial charge in [0, 0.05) is 42.2 Å². The first-order chi connectivity index (χ1) is 26.8. The Balaban J connectivity index is 1.70. The van der Waals surface area contributed by atoms with E-state index in [9.17, 15) is 18.8 Å². The van der Waals surface area contributed by atoms with Crippen LogP contribution in [-0.2, 0) is 28.5 Å². The maximum Gasteiger partial charge on any atom is 0.511 e. The van der Waals surface area contributed by atoms with Crippen LogP contribution < -0.4 is 31.0 Å². The van der Waals surface area contributed by atoms with Crippen LogP contribution in [0.25, 0.3) is 0 Å². The van der Waals surface area contributed by atoms with Gasteiger partial charge in [0.1, 0.15) is 49.0 Å². The SMILES string of the molecule is CCCCOC(=O)N=C(N)c1ccc(NC(C2=N[C@@H](OCOC(=O)OC(C)(C)CF)N(c3ncccn3)N2)c2cc(OC)cc(OCCOC(C)=O)c2F)cc1. The monoisotopic (exact) mass is 786 g/mol. The van der Waals surface area contributed by atoms with E-state index in [2.05, 4.69) is 30.7 Å². The molecule has 2 aromatic carbocycles. The Morgan fingerprint density at radius 3 is 2.46 bits per heavy atom. The molecule has 0 saturated heterocycles. The Bertz CT molecular complexity index is 1850. The summed E-state index contributed by atoms with van der Waals surface area (Å²) in [6.07, 6.45) is 1.14. The van der Waals surface area contributed by atoms with Crippen LogP contribution in [0, 0.1) is 5.82 Å². The molecule has 1 amide bonds. The van der Waals surface area contributed by atoms with Crippen LogP contribution in [-0.4, -0.2) is 92.2 Å². The number of methoxy groups -OCH3 is 1. The summed E-state index contributed by atoms with van der Waals surface area (Å²) in [6.45, 7) is 4.18. The lowest BCUT2D eigenvalue weighted by atomic mass is 10.0. The summed E-state index contributed by atoms with van der Waals surface area (Å²) in [5, 5.41) is 4.52. The average Bonchev–Trinajstić information content (AvgIpc) is 3.60. The van der Waals surface area contributed by atoms with Gasteiger partial charge in [0.25, 0.3) is 6.35 Å².